The first-order chi connectivity index (χ1) is 13.8. The normalized spacial score (nSPS) is 11.6. The lowest BCUT2D eigenvalue weighted by Crippen LogP contribution is -3.14. The van der Waals surface area contributed by atoms with E-state index in [1.165, 1.54) is 0 Å². The molecule has 0 saturated carbocycles. The van der Waals surface area contributed by atoms with Crippen molar-refractivity contribution in [3.05, 3.63) is 58.6 Å². The lowest BCUT2D eigenvalue weighted by atomic mass is 10.2. The van der Waals surface area contributed by atoms with Gasteiger partial charge in [0, 0.05) is 37.0 Å². The van der Waals surface area contributed by atoms with E-state index in [9.17, 15) is 9.59 Å². The van der Waals surface area contributed by atoms with Gasteiger partial charge >= 0.3 is 0 Å². The highest BCUT2D eigenvalue weighted by Gasteiger charge is 2.17. The van der Waals surface area contributed by atoms with E-state index in [-0.39, 0.29) is 24.9 Å². The number of carbonyl (C=O) groups is 2. The number of hydrogen-bond acceptors (Lipinski definition) is 3. The Morgan fingerprint density at radius 1 is 1.03 bits per heavy atom. The van der Waals surface area contributed by atoms with Crippen LogP contribution in [0.25, 0.3) is 0 Å². The average Bonchev–Trinajstić information content (AvgIpc) is 2.69. The average molecular weight is 418 g/mol. The molecule has 1 atom stereocenters. The number of nitrogens with zero attached hydrogens (tertiary/aromatic N) is 1. The highest BCUT2D eigenvalue weighted by molar-refractivity contribution is 6.31. The molecule has 2 aromatic carbocycles. The van der Waals surface area contributed by atoms with Crippen molar-refractivity contribution in [3.63, 3.8) is 0 Å². The molecule has 2 amide bonds. The van der Waals surface area contributed by atoms with Crippen molar-refractivity contribution in [1.82, 2.24) is 5.32 Å². The van der Waals surface area contributed by atoms with Crippen LogP contribution >= 0.6 is 11.6 Å². The number of halogens is 1. The molecule has 3 N–H and O–H groups in total. The number of hydrogen-bond donors (Lipinski definition) is 3. The number of carbonyl (C=O) groups excluding carboxylic acids is 2. The van der Waals surface area contributed by atoms with Gasteiger partial charge < -0.3 is 20.4 Å². The molecule has 0 aliphatic rings. The van der Waals surface area contributed by atoms with Gasteiger partial charge in [-0.3, -0.25) is 9.59 Å². The van der Waals surface area contributed by atoms with Crippen LogP contribution in [0.5, 0.6) is 0 Å². The topological polar surface area (TPSA) is 65.9 Å². The second-order valence-electron chi connectivity index (χ2n) is 7.30. The van der Waals surface area contributed by atoms with Gasteiger partial charge in [0.15, 0.2) is 13.1 Å². The van der Waals surface area contributed by atoms with Crippen LogP contribution in [0.3, 0.4) is 0 Å². The molecule has 0 aliphatic carbocycles. The van der Waals surface area contributed by atoms with Crippen molar-refractivity contribution in [2.75, 3.05) is 43.9 Å². The highest BCUT2D eigenvalue weighted by atomic mass is 35.5. The van der Waals surface area contributed by atoms with Crippen molar-refractivity contribution in [2.45, 2.75) is 20.4 Å². The van der Waals surface area contributed by atoms with Gasteiger partial charge in [-0.25, -0.2) is 0 Å². The summed E-state index contributed by atoms with van der Waals surface area (Å²) >= 11 is 6.00. The van der Waals surface area contributed by atoms with Crippen molar-refractivity contribution in [3.8, 4) is 0 Å². The summed E-state index contributed by atoms with van der Waals surface area (Å²) in [6.45, 7) is 5.47. The van der Waals surface area contributed by atoms with E-state index in [4.69, 9.17) is 11.6 Å². The molecular formula is C22H30ClN4O2+. The maximum atomic E-state index is 12.4. The summed E-state index contributed by atoms with van der Waals surface area (Å²) in [4.78, 5) is 27.6. The molecular weight excluding hydrogens is 388 g/mol. The minimum atomic E-state index is -0.140. The molecule has 29 heavy (non-hydrogen) atoms. The van der Waals surface area contributed by atoms with Gasteiger partial charge in [-0.05, 0) is 49.2 Å². The Kier molecular flexibility index (Phi) is 8.49. The number of quaternary nitrogens is 1. The molecule has 0 heterocycles. The molecule has 7 heteroatoms. The van der Waals surface area contributed by atoms with Crippen LogP contribution in [0.15, 0.2) is 42.5 Å². The van der Waals surface area contributed by atoms with E-state index >= 15 is 0 Å². The summed E-state index contributed by atoms with van der Waals surface area (Å²) in [5.74, 6) is -0.218. The zero-order chi connectivity index (χ0) is 21.4. The first-order valence-corrected chi connectivity index (χ1v) is 10.1. The van der Waals surface area contributed by atoms with Crippen molar-refractivity contribution in [2.24, 2.45) is 0 Å². The van der Waals surface area contributed by atoms with Crippen LogP contribution in [0, 0.1) is 6.92 Å². The summed E-state index contributed by atoms with van der Waals surface area (Å²) in [5, 5.41) is 6.38. The summed E-state index contributed by atoms with van der Waals surface area (Å²) in [6.07, 6.45) is 0. The number of amides is 2. The summed E-state index contributed by atoms with van der Waals surface area (Å²) in [6, 6.07) is 13.4. The molecule has 0 spiro atoms. The molecule has 0 aliphatic heterocycles. The molecule has 2 rings (SSSR count). The van der Waals surface area contributed by atoms with Gasteiger partial charge in [0.2, 0.25) is 0 Å². The van der Waals surface area contributed by atoms with E-state index in [2.05, 4.69) is 10.6 Å². The van der Waals surface area contributed by atoms with Crippen LogP contribution in [0.1, 0.15) is 18.1 Å². The first kappa shape index (κ1) is 22.7. The minimum Gasteiger partial charge on any atom is -0.378 e. The SMILES string of the molecule is CC[NH+](CC(=O)NCc1ccc(N(C)C)cc1)CC(=O)Nc1cc(Cl)ccc1C. The van der Waals surface area contributed by atoms with Crippen molar-refractivity contribution >= 4 is 34.8 Å². The van der Waals surface area contributed by atoms with Crippen LogP contribution in [0.2, 0.25) is 5.02 Å². The van der Waals surface area contributed by atoms with Gasteiger partial charge in [-0.2, -0.15) is 0 Å². The third kappa shape index (κ3) is 7.40. The van der Waals surface area contributed by atoms with Crippen LogP contribution in [-0.2, 0) is 16.1 Å². The van der Waals surface area contributed by atoms with Crippen LogP contribution in [-0.4, -0.2) is 45.5 Å². The van der Waals surface area contributed by atoms with E-state index in [1.54, 1.807) is 12.1 Å². The molecule has 0 saturated heterocycles. The Morgan fingerprint density at radius 2 is 1.69 bits per heavy atom. The molecule has 0 fully saturated rings. The number of benzene rings is 2. The zero-order valence-corrected chi connectivity index (χ0v) is 18.3. The molecule has 1 unspecified atom stereocenters. The maximum Gasteiger partial charge on any atom is 0.279 e. The third-order valence-corrected chi connectivity index (χ3v) is 4.97. The minimum absolute atomic E-state index is 0.0785. The van der Waals surface area contributed by atoms with E-state index in [1.807, 2.05) is 63.2 Å². The Balaban J connectivity index is 1.82. The molecule has 156 valence electrons. The first-order valence-electron chi connectivity index (χ1n) is 9.71. The zero-order valence-electron chi connectivity index (χ0n) is 17.5. The second kappa shape index (κ2) is 10.8. The fourth-order valence-electron chi connectivity index (χ4n) is 2.87. The molecule has 0 radical (unpaired) electrons. The molecule has 0 bridgehead atoms. The standard InChI is InChI=1S/C22H29ClN4O2/c1-5-27(15-22(29)25-20-12-18(23)9-6-16(20)2)14-21(28)24-13-17-7-10-19(11-8-17)26(3)4/h6-12H,5,13-15H2,1-4H3,(H,24,28)(H,25,29)/p+1. The van der Waals surface area contributed by atoms with Crippen molar-refractivity contribution in [1.29, 1.82) is 0 Å². The Hall–Kier alpha value is -2.57. The number of rotatable bonds is 9. The molecule has 2 aromatic rings. The number of aryl methyl sites for hydroxylation is 1. The largest absolute Gasteiger partial charge is 0.378 e. The van der Waals surface area contributed by atoms with E-state index < -0.39 is 0 Å². The number of nitrogens with one attached hydrogen (secondary N) is 3. The fourth-order valence-corrected chi connectivity index (χ4v) is 3.04. The van der Waals surface area contributed by atoms with Gasteiger partial charge in [0.25, 0.3) is 11.8 Å². The molecule has 0 aromatic heterocycles. The number of likely N-dealkylation sites (N-methyl/N-ethyl adjacent to an activating group) is 1. The summed E-state index contributed by atoms with van der Waals surface area (Å²) in [7, 11) is 3.98. The lowest BCUT2D eigenvalue weighted by molar-refractivity contribution is -0.881. The predicted octanol–water partition coefficient (Wildman–Crippen LogP) is 1.87. The molecule has 6 nitrogen and oxygen atoms in total. The van der Waals surface area contributed by atoms with Gasteiger partial charge in [0.1, 0.15) is 0 Å². The van der Waals surface area contributed by atoms with Crippen LogP contribution < -0.4 is 20.4 Å². The van der Waals surface area contributed by atoms with Gasteiger partial charge in [-0.15, -0.1) is 0 Å². The van der Waals surface area contributed by atoms with Gasteiger partial charge in [0.05, 0.1) is 6.54 Å². The predicted molar refractivity (Wildman–Crippen MR) is 119 cm³/mol. The van der Waals surface area contributed by atoms with E-state index in [0.29, 0.717) is 23.8 Å². The summed E-state index contributed by atoms with van der Waals surface area (Å²) < 4.78 is 0. The lowest BCUT2D eigenvalue weighted by Gasteiger charge is -2.17. The van der Waals surface area contributed by atoms with E-state index in [0.717, 1.165) is 21.7 Å². The summed E-state index contributed by atoms with van der Waals surface area (Å²) in [5.41, 5.74) is 3.79. The quantitative estimate of drug-likeness (QED) is 0.583. The second-order valence-corrected chi connectivity index (χ2v) is 7.74. The Bertz CT molecular complexity index is 837. The Labute approximate surface area is 177 Å². The maximum absolute atomic E-state index is 12.4. The smallest absolute Gasteiger partial charge is 0.279 e. The van der Waals surface area contributed by atoms with Gasteiger partial charge in [-0.1, -0.05) is 29.8 Å². The highest BCUT2D eigenvalue weighted by Crippen LogP contribution is 2.19. The fraction of sp³-hybridized carbons (Fsp3) is 0.364. The Morgan fingerprint density at radius 3 is 2.31 bits per heavy atom. The monoisotopic (exact) mass is 417 g/mol. The van der Waals surface area contributed by atoms with Crippen molar-refractivity contribution < 1.29 is 14.5 Å². The third-order valence-electron chi connectivity index (χ3n) is 4.74. The number of anilines is 2. The van der Waals surface area contributed by atoms with Crippen LogP contribution in [0.4, 0.5) is 11.4 Å².